The average Bonchev–Trinajstić information content (AvgIpc) is 3.07. The first kappa shape index (κ1) is 15.4. The van der Waals surface area contributed by atoms with Gasteiger partial charge in [-0.25, -0.2) is 0 Å². The largest absolute Gasteiger partial charge is 0.313 e. The Morgan fingerprint density at radius 2 is 1.83 bits per heavy atom. The van der Waals surface area contributed by atoms with Gasteiger partial charge in [-0.2, -0.15) is 5.10 Å². The number of hydrogen-bond donors (Lipinski definition) is 2. The second-order valence-corrected chi connectivity index (χ2v) is 5.71. The van der Waals surface area contributed by atoms with Crippen LogP contribution in [0.15, 0.2) is 30.5 Å². The molecule has 0 aliphatic carbocycles. The molecule has 0 atom stereocenters. The number of aromatic nitrogens is 2. The maximum absolute atomic E-state index is 12.2. The summed E-state index contributed by atoms with van der Waals surface area (Å²) in [4.78, 5) is 25.8. The molecule has 0 radical (unpaired) electrons. The van der Waals surface area contributed by atoms with Crippen molar-refractivity contribution < 1.29 is 9.59 Å². The van der Waals surface area contributed by atoms with E-state index in [4.69, 9.17) is 0 Å². The van der Waals surface area contributed by atoms with Gasteiger partial charge in [0.05, 0.1) is 17.3 Å². The lowest BCUT2D eigenvalue weighted by Gasteiger charge is -2.13. The molecule has 2 aromatic rings. The normalized spacial score (nSPS) is 13.7. The van der Waals surface area contributed by atoms with E-state index in [9.17, 15) is 9.59 Å². The van der Waals surface area contributed by atoms with Gasteiger partial charge < -0.3 is 5.32 Å². The molecule has 0 saturated carbocycles. The zero-order valence-corrected chi connectivity index (χ0v) is 13.1. The summed E-state index contributed by atoms with van der Waals surface area (Å²) in [5.41, 5.74) is 3.27. The van der Waals surface area contributed by atoms with Crippen LogP contribution in [0.5, 0.6) is 0 Å². The van der Waals surface area contributed by atoms with Crippen LogP contribution in [0.1, 0.15) is 44.8 Å². The summed E-state index contributed by atoms with van der Waals surface area (Å²) >= 11 is 0. The lowest BCUT2D eigenvalue weighted by Crippen LogP contribution is -2.31. The molecule has 2 amide bonds. The molecule has 0 spiro atoms. The molecule has 0 bridgehead atoms. The quantitative estimate of drug-likeness (QED) is 0.604. The number of unbranched alkanes of at least 4 members (excludes halogenated alkanes) is 1. The Balaban J connectivity index is 1.41. The third-order valence-electron chi connectivity index (χ3n) is 4.11. The molecule has 3 rings (SSSR count). The van der Waals surface area contributed by atoms with Crippen molar-refractivity contribution in [3.05, 3.63) is 52.8 Å². The lowest BCUT2D eigenvalue weighted by atomic mass is 10.1. The van der Waals surface area contributed by atoms with E-state index in [0.29, 0.717) is 17.7 Å². The van der Waals surface area contributed by atoms with Crippen LogP contribution in [0.4, 0.5) is 0 Å². The number of nitrogens with one attached hydrogen (secondary N) is 2. The maximum atomic E-state index is 12.2. The zero-order valence-electron chi connectivity index (χ0n) is 13.1. The number of fused-ring (bicyclic) bond motifs is 1. The Morgan fingerprint density at radius 1 is 1.13 bits per heavy atom. The molecule has 1 aliphatic heterocycles. The Bertz CT molecular complexity index is 688. The van der Waals surface area contributed by atoms with Crippen molar-refractivity contribution in [3.8, 4) is 0 Å². The molecule has 2 heterocycles. The van der Waals surface area contributed by atoms with E-state index in [0.717, 1.165) is 37.2 Å². The molecule has 6 heteroatoms. The number of aromatic amines is 1. The van der Waals surface area contributed by atoms with Crippen LogP contribution in [-0.2, 0) is 6.54 Å². The number of imide groups is 1. The minimum Gasteiger partial charge on any atom is -0.313 e. The van der Waals surface area contributed by atoms with Gasteiger partial charge in [0.15, 0.2) is 0 Å². The van der Waals surface area contributed by atoms with Gasteiger partial charge in [-0.3, -0.25) is 19.6 Å². The third kappa shape index (κ3) is 3.17. The summed E-state index contributed by atoms with van der Waals surface area (Å²) in [7, 11) is 0. The van der Waals surface area contributed by atoms with Crippen LogP contribution in [0.3, 0.4) is 0 Å². The highest BCUT2D eigenvalue weighted by molar-refractivity contribution is 6.21. The predicted molar refractivity (Wildman–Crippen MR) is 86.1 cm³/mol. The van der Waals surface area contributed by atoms with Gasteiger partial charge in [0.2, 0.25) is 0 Å². The highest BCUT2D eigenvalue weighted by Gasteiger charge is 2.34. The van der Waals surface area contributed by atoms with E-state index in [1.165, 1.54) is 4.90 Å². The molecule has 0 unspecified atom stereocenters. The highest BCUT2D eigenvalue weighted by Crippen LogP contribution is 2.22. The molecule has 1 aliphatic rings. The van der Waals surface area contributed by atoms with Crippen molar-refractivity contribution in [1.29, 1.82) is 0 Å². The fraction of sp³-hybridized carbons (Fsp3) is 0.353. The van der Waals surface area contributed by atoms with E-state index >= 15 is 0 Å². The maximum Gasteiger partial charge on any atom is 0.261 e. The topological polar surface area (TPSA) is 78.1 Å². The molecule has 1 aromatic heterocycles. The number of benzene rings is 1. The molecule has 1 aromatic carbocycles. The van der Waals surface area contributed by atoms with Gasteiger partial charge >= 0.3 is 0 Å². The second kappa shape index (κ2) is 6.75. The zero-order chi connectivity index (χ0) is 16.2. The van der Waals surface area contributed by atoms with E-state index in [1.807, 2.05) is 13.1 Å². The highest BCUT2D eigenvalue weighted by atomic mass is 16.2. The van der Waals surface area contributed by atoms with Gasteiger partial charge in [0.25, 0.3) is 11.8 Å². The first-order valence-electron chi connectivity index (χ1n) is 7.83. The summed E-state index contributed by atoms with van der Waals surface area (Å²) in [5.74, 6) is -0.347. The van der Waals surface area contributed by atoms with E-state index in [2.05, 4.69) is 15.5 Å². The minimum absolute atomic E-state index is 0.174. The number of hydrogen-bond acceptors (Lipinski definition) is 4. The van der Waals surface area contributed by atoms with Gasteiger partial charge in [0, 0.05) is 24.3 Å². The van der Waals surface area contributed by atoms with Crippen LogP contribution in [0, 0.1) is 6.92 Å². The number of carbonyl (C=O) groups excluding carboxylic acids is 2. The van der Waals surface area contributed by atoms with Gasteiger partial charge in [-0.15, -0.1) is 0 Å². The van der Waals surface area contributed by atoms with Crippen molar-refractivity contribution >= 4 is 11.8 Å². The summed E-state index contributed by atoms with van der Waals surface area (Å²) < 4.78 is 0. The van der Waals surface area contributed by atoms with Crippen molar-refractivity contribution in [1.82, 2.24) is 20.4 Å². The predicted octanol–water partition coefficient (Wildman–Crippen LogP) is 1.88. The Kier molecular flexibility index (Phi) is 4.52. The molecule has 0 saturated heterocycles. The molecule has 23 heavy (non-hydrogen) atoms. The van der Waals surface area contributed by atoms with Crippen molar-refractivity contribution in [3.63, 3.8) is 0 Å². The fourth-order valence-corrected chi connectivity index (χ4v) is 2.74. The summed E-state index contributed by atoms with van der Waals surface area (Å²) in [6.45, 7) is 4.08. The van der Waals surface area contributed by atoms with Crippen molar-refractivity contribution in [2.24, 2.45) is 0 Å². The smallest absolute Gasteiger partial charge is 0.261 e. The monoisotopic (exact) mass is 312 g/mol. The Labute approximate surface area is 134 Å². The first-order valence-corrected chi connectivity index (χ1v) is 7.83. The minimum atomic E-state index is -0.174. The molecule has 6 nitrogen and oxygen atoms in total. The number of rotatable bonds is 7. The first-order chi connectivity index (χ1) is 11.2. The van der Waals surface area contributed by atoms with Gasteiger partial charge in [-0.05, 0) is 38.4 Å². The standard InChI is InChI=1S/C17H20N4O2/c1-12-13(11-19-20-12)10-18-8-4-5-9-21-16(22)14-6-2-3-7-15(14)17(21)23/h2-3,6-7,11,18H,4-5,8-10H2,1H3,(H,19,20). The molecule has 0 fully saturated rings. The average molecular weight is 312 g/mol. The molecular formula is C17H20N4O2. The van der Waals surface area contributed by atoms with Crippen LogP contribution in [-0.4, -0.2) is 40.0 Å². The Hall–Kier alpha value is -2.47. The number of carbonyl (C=O) groups is 2. The number of H-pyrrole nitrogens is 1. The third-order valence-corrected chi connectivity index (χ3v) is 4.11. The number of amides is 2. The molecule has 120 valence electrons. The molecule has 2 N–H and O–H groups in total. The van der Waals surface area contributed by atoms with Crippen LogP contribution < -0.4 is 5.32 Å². The lowest BCUT2D eigenvalue weighted by molar-refractivity contribution is 0.0651. The summed E-state index contributed by atoms with van der Waals surface area (Å²) in [6.07, 6.45) is 3.52. The molecular weight excluding hydrogens is 292 g/mol. The van der Waals surface area contributed by atoms with E-state index in [1.54, 1.807) is 24.3 Å². The SMILES string of the molecule is Cc1[nH]ncc1CNCCCCN1C(=O)c2ccccc2C1=O. The van der Waals surface area contributed by atoms with Crippen LogP contribution in [0.2, 0.25) is 0 Å². The van der Waals surface area contributed by atoms with Crippen molar-refractivity contribution in [2.75, 3.05) is 13.1 Å². The number of aryl methyl sites for hydroxylation is 1. The summed E-state index contributed by atoms with van der Waals surface area (Å²) in [5, 5.41) is 10.2. The van der Waals surface area contributed by atoms with Crippen molar-refractivity contribution in [2.45, 2.75) is 26.3 Å². The Morgan fingerprint density at radius 3 is 2.43 bits per heavy atom. The fourth-order valence-electron chi connectivity index (χ4n) is 2.74. The van der Waals surface area contributed by atoms with E-state index in [-0.39, 0.29) is 11.8 Å². The van der Waals surface area contributed by atoms with Crippen LogP contribution in [0.25, 0.3) is 0 Å². The summed E-state index contributed by atoms with van der Waals surface area (Å²) in [6, 6.07) is 7.00. The number of nitrogens with zero attached hydrogens (tertiary/aromatic N) is 2. The van der Waals surface area contributed by atoms with Gasteiger partial charge in [-0.1, -0.05) is 12.1 Å². The van der Waals surface area contributed by atoms with Crippen LogP contribution >= 0.6 is 0 Å². The second-order valence-electron chi connectivity index (χ2n) is 5.71. The van der Waals surface area contributed by atoms with Gasteiger partial charge in [0.1, 0.15) is 0 Å². The van der Waals surface area contributed by atoms with E-state index < -0.39 is 0 Å².